The first-order chi connectivity index (χ1) is 12.1. The minimum Gasteiger partial charge on any atom is -0.497 e. The number of hydrogen-bond donors (Lipinski definition) is 1. The molecule has 1 N–H and O–H groups in total. The van der Waals surface area contributed by atoms with Gasteiger partial charge in [-0.2, -0.15) is 0 Å². The van der Waals surface area contributed by atoms with Crippen LogP contribution in [0.25, 0.3) is 0 Å². The van der Waals surface area contributed by atoms with Gasteiger partial charge in [-0.15, -0.1) is 0 Å². The zero-order valence-electron chi connectivity index (χ0n) is 15.9. The fourth-order valence-corrected chi connectivity index (χ4v) is 4.44. The van der Waals surface area contributed by atoms with Crippen LogP contribution in [-0.4, -0.2) is 67.4 Å². The van der Waals surface area contributed by atoms with Crippen LogP contribution < -0.4 is 4.74 Å². The average molecular weight is 347 g/mol. The molecule has 140 valence electrons. The van der Waals surface area contributed by atoms with Crippen LogP contribution in [0.5, 0.6) is 5.75 Å². The zero-order valence-corrected chi connectivity index (χ0v) is 15.9. The summed E-state index contributed by atoms with van der Waals surface area (Å²) in [5, 5.41) is 11.6. The maximum Gasteiger partial charge on any atom is 0.119 e. The fourth-order valence-electron chi connectivity index (χ4n) is 4.44. The Morgan fingerprint density at radius 3 is 2.72 bits per heavy atom. The van der Waals surface area contributed by atoms with Crippen molar-refractivity contribution in [3.63, 3.8) is 0 Å². The first-order valence-electron chi connectivity index (χ1n) is 9.85. The molecule has 4 heteroatoms. The monoisotopic (exact) mass is 346 g/mol. The van der Waals surface area contributed by atoms with E-state index in [1.54, 1.807) is 7.11 Å². The maximum atomic E-state index is 11.6. The molecule has 1 aromatic carbocycles. The minimum atomic E-state index is -0.591. The molecule has 2 fully saturated rings. The van der Waals surface area contributed by atoms with Crippen LogP contribution in [0, 0.1) is 5.92 Å². The summed E-state index contributed by atoms with van der Waals surface area (Å²) in [4.78, 5) is 4.96. The van der Waals surface area contributed by atoms with Gasteiger partial charge in [0.1, 0.15) is 5.75 Å². The van der Waals surface area contributed by atoms with E-state index in [-0.39, 0.29) is 0 Å². The molecule has 0 radical (unpaired) electrons. The van der Waals surface area contributed by atoms with Crippen molar-refractivity contribution < 1.29 is 9.84 Å². The Bertz CT molecular complexity index is 542. The van der Waals surface area contributed by atoms with Crippen molar-refractivity contribution in [2.75, 3.05) is 46.9 Å². The molecule has 1 saturated carbocycles. The SMILES string of the molecule is COc1cccc(CC2(O)CCCCCC2CN2CCN(C)CC2)c1. The summed E-state index contributed by atoms with van der Waals surface area (Å²) >= 11 is 0. The van der Waals surface area contributed by atoms with Crippen molar-refractivity contribution in [3.05, 3.63) is 29.8 Å². The number of piperazine rings is 1. The molecular weight excluding hydrogens is 312 g/mol. The molecule has 2 atom stereocenters. The third-order valence-corrected chi connectivity index (χ3v) is 6.14. The van der Waals surface area contributed by atoms with Crippen LogP contribution in [0.2, 0.25) is 0 Å². The van der Waals surface area contributed by atoms with Crippen LogP contribution in [0.1, 0.15) is 37.7 Å². The lowest BCUT2D eigenvalue weighted by Gasteiger charge is -2.40. The number of hydrogen-bond acceptors (Lipinski definition) is 4. The predicted octanol–water partition coefficient (Wildman–Crippen LogP) is 2.80. The lowest BCUT2D eigenvalue weighted by Crippen LogP contribution is -2.50. The molecule has 1 aliphatic heterocycles. The number of nitrogens with zero attached hydrogens (tertiary/aromatic N) is 2. The maximum absolute atomic E-state index is 11.6. The van der Waals surface area contributed by atoms with Crippen LogP contribution in [-0.2, 0) is 6.42 Å². The molecule has 4 nitrogen and oxygen atoms in total. The Labute approximate surface area is 152 Å². The number of methoxy groups -OCH3 is 1. The van der Waals surface area contributed by atoms with Gasteiger partial charge in [-0.05, 0) is 37.6 Å². The molecule has 1 heterocycles. The summed E-state index contributed by atoms with van der Waals surface area (Å²) in [6.45, 7) is 5.57. The molecule has 0 spiro atoms. The average Bonchev–Trinajstić information content (AvgIpc) is 2.79. The highest BCUT2D eigenvalue weighted by Crippen LogP contribution is 2.36. The van der Waals surface area contributed by atoms with Gasteiger partial charge in [-0.1, -0.05) is 31.4 Å². The van der Waals surface area contributed by atoms with Gasteiger partial charge in [-0.3, -0.25) is 0 Å². The molecule has 3 rings (SSSR count). The van der Waals surface area contributed by atoms with E-state index in [1.807, 2.05) is 12.1 Å². The molecule has 25 heavy (non-hydrogen) atoms. The molecule has 1 saturated heterocycles. The van der Waals surface area contributed by atoms with E-state index in [9.17, 15) is 5.11 Å². The molecule has 0 aromatic heterocycles. The second-order valence-electron chi connectivity index (χ2n) is 8.03. The highest BCUT2D eigenvalue weighted by atomic mass is 16.5. The molecule has 2 aliphatic rings. The van der Waals surface area contributed by atoms with Gasteiger partial charge in [-0.25, -0.2) is 0 Å². The molecule has 2 unspecified atom stereocenters. The predicted molar refractivity (Wildman–Crippen MR) is 102 cm³/mol. The Morgan fingerprint density at radius 2 is 1.96 bits per heavy atom. The zero-order chi connectivity index (χ0) is 17.7. The first kappa shape index (κ1) is 18.7. The number of benzene rings is 1. The summed E-state index contributed by atoms with van der Waals surface area (Å²) in [5.41, 5.74) is 0.596. The van der Waals surface area contributed by atoms with Gasteiger partial charge < -0.3 is 19.6 Å². The molecule has 0 amide bonds. The van der Waals surface area contributed by atoms with Gasteiger partial charge in [0.15, 0.2) is 0 Å². The Kier molecular flexibility index (Phi) is 6.37. The van der Waals surface area contributed by atoms with E-state index < -0.39 is 5.60 Å². The summed E-state index contributed by atoms with van der Waals surface area (Å²) in [6.07, 6.45) is 6.44. The largest absolute Gasteiger partial charge is 0.497 e. The third kappa shape index (κ3) is 4.96. The third-order valence-electron chi connectivity index (χ3n) is 6.14. The highest BCUT2D eigenvalue weighted by molar-refractivity contribution is 5.29. The lowest BCUT2D eigenvalue weighted by atomic mass is 9.78. The van der Waals surface area contributed by atoms with Crippen LogP contribution in [0.3, 0.4) is 0 Å². The number of rotatable bonds is 5. The fraction of sp³-hybridized carbons (Fsp3) is 0.714. The van der Waals surface area contributed by atoms with Crippen LogP contribution in [0.4, 0.5) is 0 Å². The molecule has 0 bridgehead atoms. The smallest absolute Gasteiger partial charge is 0.119 e. The summed E-state index contributed by atoms with van der Waals surface area (Å²) in [7, 11) is 3.90. The second kappa shape index (κ2) is 8.52. The summed E-state index contributed by atoms with van der Waals surface area (Å²) < 4.78 is 5.37. The van der Waals surface area contributed by atoms with Crippen molar-refractivity contribution in [2.45, 2.75) is 44.1 Å². The minimum absolute atomic E-state index is 0.365. The first-order valence-corrected chi connectivity index (χ1v) is 9.85. The highest BCUT2D eigenvalue weighted by Gasteiger charge is 2.38. The normalized spacial score (nSPS) is 29.3. The van der Waals surface area contributed by atoms with E-state index >= 15 is 0 Å². The Balaban J connectivity index is 1.71. The van der Waals surface area contributed by atoms with Gasteiger partial charge in [0.25, 0.3) is 0 Å². The molecule has 1 aliphatic carbocycles. The van der Waals surface area contributed by atoms with Gasteiger partial charge in [0, 0.05) is 45.1 Å². The lowest BCUT2D eigenvalue weighted by molar-refractivity contribution is -0.0405. The summed E-state index contributed by atoms with van der Waals surface area (Å²) in [6, 6.07) is 8.21. The van der Waals surface area contributed by atoms with Crippen LogP contribution >= 0.6 is 0 Å². The Morgan fingerprint density at radius 1 is 1.16 bits per heavy atom. The van der Waals surface area contributed by atoms with Gasteiger partial charge >= 0.3 is 0 Å². The topological polar surface area (TPSA) is 35.9 Å². The van der Waals surface area contributed by atoms with Crippen molar-refractivity contribution in [1.82, 2.24) is 9.80 Å². The number of likely N-dealkylation sites (N-methyl/N-ethyl adjacent to an activating group) is 1. The van der Waals surface area contributed by atoms with Crippen molar-refractivity contribution in [1.29, 1.82) is 0 Å². The van der Waals surface area contributed by atoms with E-state index in [0.717, 1.165) is 64.2 Å². The second-order valence-corrected chi connectivity index (χ2v) is 8.03. The van der Waals surface area contributed by atoms with Gasteiger partial charge in [0.2, 0.25) is 0 Å². The van der Waals surface area contributed by atoms with Crippen molar-refractivity contribution in [2.24, 2.45) is 5.92 Å². The molecular formula is C21H34N2O2. The summed E-state index contributed by atoms with van der Waals surface area (Å²) in [5.74, 6) is 1.25. The standard InChI is InChI=1S/C21H34N2O2/c1-22-11-13-23(14-12-22)17-19-8-4-3-5-10-21(19,24)16-18-7-6-9-20(15-18)25-2/h6-7,9,15,19,24H,3-5,8,10-14,16-17H2,1-2H3. The van der Waals surface area contributed by atoms with Crippen molar-refractivity contribution in [3.8, 4) is 5.75 Å². The van der Waals surface area contributed by atoms with Crippen LogP contribution in [0.15, 0.2) is 24.3 Å². The van der Waals surface area contributed by atoms with E-state index in [0.29, 0.717) is 5.92 Å². The van der Waals surface area contributed by atoms with E-state index in [4.69, 9.17) is 4.74 Å². The van der Waals surface area contributed by atoms with E-state index in [2.05, 4.69) is 29.0 Å². The van der Waals surface area contributed by atoms with Gasteiger partial charge in [0.05, 0.1) is 12.7 Å². The quantitative estimate of drug-likeness (QED) is 0.832. The molecule has 1 aromatic rings. The van der Waals surface area contributed by atoms with Crippen molar-refractivity contribution >= 4 is 0 Å². The van der Waals surface area contributed by atoms with E-state index in [1.165, 1.54) is 18.4 Å². The number of ether oxygens (including phenoxy) is 1. The Hall–Kier alpha value is -1.10. The number of aliphatic hydroxyl groups is 1.